The van der Waals surface area contributed by atoms with Crippen molar-refractivity contribution in [2.75, 3.05) is 0 Å². The van der Waals surface area contributed by atoms with Crippen molar-refractivity contribution >= 4 is 39.4 Å². The van der Waals surface area contributed by atoms with Gasteiger partial charge in [-0.3, -0.25) is 0 Å². The Kier molecular flexibility index (Phi) is 12.5. The molecule has 0 saturated heterocycles. The van der Waals surface area contributed by atoms with Crippen LogP contribution in [0.15, 0.2) is 142 Å². The van der Waals surface area contributed by atoms with E-state index in [0.717, 1.165) is 35.9 Å². The van der Waals surface area contributed by atoms with Gasteiger partial charge in [-0.05, 0) is 89.5 Å². The molecule has 7 rings (SSSR count). The molecule has 2 aliphatic rings. The number of hydrogen-bond acceptors (Lipinski definition) is 2. The maximum atomic E-state index is 14.4. The molecule has 0 bridgehead atoms. The third-order valence-corrected chi connectivity index (χ3v) is 13.0. The molecule has 5 aromatic rings. The molecule has 1 aliphatic heterocycles. The summed E-state index contributed by atoms with van der Waals surface area (Å²) >= 11 is 7.47. The summed E-state index contributed by atoms with van der Waals surface area (Å²) in [6.07, 6.45) is 14.1. The van der Waals surface area contributed by atoms with Gasteiger partial charge in [-0.1, -0.05) is 138 Å². The lowest BCUT2D eigenvalue weighted by atomic mass is 9.70. The number of benzene rings is 4. The number of ether oxygens (including phenoxy) is 1. The van der Waals surface area contributed by atoms with E-state index in [0.29, 0.717) is 34.1 Å². The van der Waals surface area contributed by atoms with Gasteiger partial charge in [-0.2, -0.15) is 0 Å². The van der Waals surface area contributed by atoms with Crippen LogP contribution in [-0.2, 0) is 16.9 Å². The molecular weight excluding hydrogens is 782 g/mol. The maximum Gasteiger partial charge on any atom is 0.292 e. The van der Waals surface area contributed by atoms with Crippen molar-refractivity contribution in [2.45, 2.75) is 85.3 Å². The van der Waals surface area contributed by atoms with Crippen LogP contribution in [0.3, 0.4) is 0 Å². The van der Waals surface area contributed by atoms with Gasteiger partial charge in [-0.25, -0.2) is 23.7 Å². The largest absolute Gasteiger partial charge is 0.495 e. The van der Waals surface area contributed by atoms with Crippen molar-refractivity contribution in [1.82, 2.24) is 4.57 Å². The highest BCUT2D eigenvalue weighted by molar-refractivity contribution is 6.32. The number of unbranched alkanes of at least 4 members (excludes halogenated alkanes) is 1. The lowest BCUT2D eigenvalue weighted by Gasteiger charge is -2.36. The smallest absolute Gasteiger partial charge is 0.292 e. The number of rotatable bonds is 11. The quantitative estimate of drug-likeness (QED) is 0.0983. The van der Waals surface area contributed by atoms with Crippen LogP contribution in [0, 0.1) is 53.4 Å². The first kappa shape index (κ1) is 42.9. The Morgan fingerprint density at radius 2 is 1.61 bits per heavy atom. The summed E-state index contributed by atoms with van der Waals surface area (Å²) in [5.74, 6) is -0.417. The molecule has 2 atom stereocenters. The second-order valence-corrected chi connectivity index (χ2v) is 17.5. The van der Waals surface area contributed by atoms with Gasteiger partial charge in [0.25, 0.3) is 5.70 Å². The third kappa shape index (κ3) is 8.19. The van der Waals surface area contributed by atoms with E-state index >= 15 is 0 Å². The zero-order valence-electron chi connectivity index (χ0n) is 35.3. The summed E-state index contributed by atoms with van der Waals surface area (Å²) in [6, 6.07) is 26.2. The van der Waals surface area contributed by atoms with Crippen LogP contribution in [-0.4, -0.2) is 4.57 Å². The maximum absolute atomic E-state index is 14.4. The highest BCUT2D eigenvalue weighted by Crippen LogP contribution is 2.53. The number of hydrogen-bond donors (Lipinski definition) is 0. The van der Waals surface area contributed by atoms with Crippen LogP contribution in [0.4, 0.5) is 8.78 Å². The van der Waals surface area contributed by atoms with Gasteiger partial charge < -0.3 is 9.30 Å². The van der Waals surface area contributed by atoms with Crippen molar-refractivity contribution in [3.05, 3.63) is 193 Å². The van der Waals surface area contributed by atoms with E-state index in [1.165, 1.54) is 89.5 Å². The zero-order valence-corrected chi connectivity index (χ0v) is 36.1. The molecule has 0 radical (unpaired) electrons. The molecule has 8 heteroatoms. The molecule has 1 aromatic heterocycles. The molecule has 0 N–H and O–H groups in total. The molecule has 61 heavy (non-hydrogen) atoms. The van der Waals surface area contributed by atoms with E-state index in [-0.39, 0.29) is 22.8 Å². The molecule has 0 spiro atoms. The van der Waals surface area contributed by atoms with Crippen LogP contribution < -0.4 is 5.35 Å². The molecule has 0 amide bonds. The van der Waals surface area contributed by atoms with Gasteiger partial charge in [0.2, 0.25) is 5.70 Å². The van der Waals surface area contributed by atoms with E-state index in [1.807, 2.05) is 12.1 Å². The third-order valence-electron chi connectivity index (χ3n) is 12.5. The van der Waals surface area contributed by atoms with Crippen molar-refractivity contribution in [3.8, 4) is 6.07 Å². The Morgan fingerprint density at radius 1 is 0.951 bits per heavy atom. The van der Waals surface area contributed by atoms with Gasteiger partial charge >= 0.3 is 0 Å². The van der Waals surface area contributed by atoms with Crippen molar-refractivity contribution in [1.29, 1.82) is 5.26 Å². The first-order chi connectivity index (χ1) is 29.4. The molecule has 4 aromatic carbocycles. The van der Waals surface area contributed by atoms with E-state index in [1.54, 1.807) is 6.08 Å². The first-order valence-electron chi connectivity index (χ1n) is 21.0. The average molecular weight is 831 g/mol. The fourth-order valence-electron chi connectivity index (χ4n) is 8.94. The predicted octanol–water partition coefficient (Wildman–Crippen LogP) is 14.0. The Balaban J connectivity index is 1.44. The standard InChI is InChI=1S/C53H49ClF2N4O/c1-8-10-13-34(9-2)33-60-46(43-16-11-14-35-15-12-17-47(60)48(35)43)29-19-37-31-40(52(3,4)5)30-36(49(37)54)18-28-44-50(59-7)51(45(32-57)58-6)61-53(44,38-20-24-41(55)25-21-38)39-22-26-42(56)27-23-39/h11-12,14-29,34,40H,8-10,13,30-31,33H2,1-5H3/b28-18+,37-19+,46-29+,51-45+. The summed E-state index contributed by atoms with van der Waals surface area (Å²) in [7, 11) is 0. The Hall–Kier alpha value is -6.20. The number of nitriles is 1. The monoisotopic (exact) mass is 830 g/mol. The topological polar surface area (TPSA) is 46.7 Å². The molecule has 0 fully saturated rings. The fraction of sp³-hybridized carbons (Fsp3) is 0.302. The number of nitrogens with zero attached hydrogens (tertiary/aromatic N) is 4. The second kappa shape index (κ2) is 17.8. The first-order valence-corrected chi connectivity index (χ1v) is 21.4. The van der Waals surface area contributed by atoms with Crippen LogP contribution in [0.2, 0.25) is 0 Å². The molecule has 2 unspecified atom stereocenters. The summed E-state index contributed by atoms with van der Waals surface area (Å²) in [5.41, 5.74) is 2.08. The molecular formula is C53H49ClF2N4O. The van der Waals surface area contributed by atoms with Crippen molar-refractivity contribution in [2.24, 2.45) is 17.3 Å². The van der Waals surface area contributed by atoms with Crippen LogP contribution in [0.5, 0.6) is 0 Å². The molecule has 1 aliphatic carbocycles. The lowest BCUT2D eigenvalue weighted by Crippen LogP contribution is -2.29. The predicted molar refractivity (Wildman–Crippen MR) is 242 cm³/mol. The minimum Gasteiger partial charge on any atom is -0.495 e. The number of halogens is 3. The van der Waals surface area contributed by atoms with Crippen LogP contribution >= 0.6 is 11.6 Å². The van der Waals surface area contributed by atoms with Gasteiger partial charge in [0.15, 0.2) is 5.60 Å². The van der Waals surface area contributed by atoms with Gasteiger partial charge in [0, 0.05) is 49.9 Å². The van der Waals surface area contributed by atoms with Gasteiger partial charge in [0.05, 0.1) is 19.2 Å². The summed E-state index contributed by atoms with van der Waals surface area (Å²) in [4.78, 5) is 7.24. The van der Waals surface area contributed by atoms with E-state index in [9.17, 15) is 14.0 Å². The molecule has 308 valence electrons. The minimum atomic E-state index is -1.64. The Morgan fingerprint density at radius 3 is 2.18 bits per heavy atom. The van der Waals surface area contributed by atoms with Crippen molar-refractivity contribution < 1.29 is 13.5 Å². The molecule has 0 saturated carbocycles. The number of aromatic nitrogens is 1. The minimum absolute atomic E-state index is 0.0442. The Labute approximate surface area is 362 Å². The van der Waals surface area contributed by atoms with Crippen LogP contribution in [0.1, 0.15) is 84.3 Å². The lowest BCUT2D eigenvalue weighted by molar-refractivity contribution is 0.0955. The van der Waals surface area contributed by atoms with E-state index < -0.39 is 22.9 Å². The average Bonchev–Trinajstić information content (AvgIpc) is 3.75. The van der Waals surface area contributed by atoms with Crippen molar-refractivity contribution in [3.63, 3.8) is 0 Å². The normalized spacial score (nSPS) is 19.1. The highest BCUT2D eigenvalue weighted by atomic mass is 35.5. The highest BCUT2D eigenvalue weighted by Gasteiger charge is 2.49. The summed E-state index contributed by atoms with van der Waals surface area (Å²) < 4.78 is 38.0. The van der Waals surface area contributed by atoms with Gasteiger partial charge in [-0.15, -0.1) is 0 Å². The van der Waals surface area contributed by atoms with Crippen LogP contribution in [0.25, 0.3) is 37.4 Å². The van der Waals surface area contributed by atoms with Gasteiger partial charge in [0.1, 0.15) is 17.4 Å². The summed E-state index contributed by atoms with van der Waals surface area (Å²) in [6.45, 7) is 28.3. The zero-order chi connectivity index (χ0) is 43.5. The summed E-state index contributed by atoms with van der Waals surface area (Å²) in [5, 5.41) is 15.5. The second-order valence-electron chi connectivity index (χ2n) is 17.2. The fourth-order valence-corrected chi connectivity index (χ4v) is 9.22. The Bertz CT molecular complexity index is 2760. The molecule has 5 nitrogen and oxygen atoms in total. The van der Waals surface area contributed by atoms with E-state index in [4.69, 9.17) is 29.5 Å². The molecule has 2 heterocycles. The SMILES string of the molecule is [C-]#[N+]C1=C(/C=C/C2=C(Cl)C(=C/C=c3\c4cccc5cccc(c54)n3CC(CC)CCCC)/CC(C(C)(C)C)C2)C(c2ccc(F)cc2)(c2ccc(F)cc2)O/C1=C(\C#N)[N+]#[C-]. The van der Waals surface area contributed by atoms with E-state index in [2.05, 4.69) is 97.4 Å². The number of allylic oxidation sites excluding steroid dienone is 6.